The molecular weight excluding hydrogens is 379 g/mol. The van der Waals surface area contributed by atoms with Crippen molar-refractivity contribution in [3.8, 4) is 10.7 Å². The average Bonchev–Trinajstić information content (AvgIpc) is 3.01. The minimum Gasteiger partial charge on any atom is -0.390 e. The van der Waals surface area contributed by atoms with Crippen molar-refractivity contribution in [1.82, 2.24) is 20.3 Å². The summed E-state index contributed by atoms with van der Waals surface area (Å²) < 4.78 is 40.3. The number of aromatic nitrogens is 3. The highest BCUT2D eigenvalue weighted by atomic mass is 32.1. The van der Waals surface area contributed by atoms with Crippen molar-refractivity contribution < 1.29 is 18.3 Å². The van der Waals surface area contributed by atoms with Crippen molar-refractivity contribution >= 4 is 17.3 Å². The fraction of sp³-hybridized carbons (Fsp3) is 0.588. The van der Waals surface area contributed by atoms with Crippen LogP contribution < -0.4 is 10.6 Å². The molecule has 1 saturated heterocycles. The summed E-state index contributed by atoms with van der Waals surface area (Å²) in [6.07, 6.45) is -0.273. The van der Waals surface area contributed by atoms with Crippen molar-refractivity contribution in [2.24, 2.45) is 0 Å². The quantitative estimate of drug-likeness (QED) is 0.714. The molecule has 0 aromatic carbocycles. The predicted octanol–water partition coefficient (Wildman–Crippen LogP) is 3.10. The van der Waals surface area contributed by atoms with Gasteiger partial charge in [-0.25, -0.2) is 15.0 Å². The van der Waals surface area contributed by atoms with Gasteiger partial charge in [0.05, 0.1) is 5.60 Å². The molecule has 0 atom stereocenters. The molecule has 2 aromatic rings. The van der Waals surface area contributed by atoms with Crippen LogP contribution in [0.2, 0.25) is 0 Å². The van der Waals surface area contributed by atoms with Crippen LogP contribution in [0, 0.1) is 0 Å². The lowest BCUT2D eigenvalue weighted by atomic mass is 10.1. The first-order chi connectivity index (χ1) is 12.6. The maximum Gasteiger partial charge on any atom is 0.420 e. The van der Waals surface area contributed by atoms with E-state index in [0.717, 1.165) is 43.5 Å². The highest BCUT2D eigenvalue weighted by Crippen LogP contribution is 2.38. The van der Waals surface area contributed by atoms with Gasteiger partial charge in [0.25, 0.3) is 0 Å². The first-order valence-corrected chi connectivity index (χ1v) is 9.52. The molecule has 0 unspecified atom stereocenters. The van der Waals surface area contributed by atoms with E-state index < -0.39 is 17.3 Å². The zero-order valence-corrected chi connectivity index (χ0v) is 15.9. The number of hydrogen-bond donors (Lipinski definition) is 3. The Bertz CT molecular complexity index is 782. The van der Waals surface area contributed by atoms with E-state index in [-0.39, 0.29) is 22.7 Å². The fourth-order valence-electron chi connectivity index (χ4n) is 2.90. The monoisotopic (exact) mass is 401 g/mol. The topological polar surface area (TPSA) is 83.0 Å². The summed E-state index contributed by atoms with van der Waals surface area (Å²) in [7, 11) is 0. The zero-order valence-electron chi connectivity index (χ0n) is 15.1. The van der Waals surface area contributed by atoms with E-state index in [9.17, 15) is 18.3 Å². The van der Waals surface area contributed by atoms with Gasteiger partial charge in [-0.3, -0.25) is 0 Å². The largest absolute Gasteiger partial charge is 0.420 e. The highest BCUT2D eigenvalue weighted by Gasteiger charge is 2.36. The van der Waals surface area contributed by atoms with E-state index in [1.807, 2.05) is 0 Å². The van der Waals surface area contributed by atoms with E-state index >= 15 is 0 Å². The molecular formula is C17H22F3N5OS. The molecule has 148 valence electrons. The van der Waals surface area contributed by atoms with Crippen LogP contribution in [0.3, 0.4) is 0 Å². The maximum absolute atomic E-state index is 13.4. The van der Waals surface area contributed by atoms with E-state index in [1.165, 1.54) is 6.20 Å². The Kier molecular flexibility index (Phi) is 5.68. The normalized spacial score (nSPS) is 16.5. The summed E-state index contributed by atoms with van der Waals surface area (Å²) >= 11 is 1.10. The Morgan fingerprint density at radius 1 is 1.22 bits per heavy atom. The molecule has 0 amide bonds. The Hall–Kier alpha value is -1.78. The van der Waals surface area contributed by atoms with Crippen LogP contribution in [0.15, 0.2) is 12.4 Å². The van der Waals surface area contributed by atoms with Gasteiger partial charge in [-0.15, -0.1) is 11.3 Å². The van der Waals surface area contributed by atoms with Gasteiger partial charge >= 0.3 is 6.18 Å². The summed E-state index contributed by atoms with van der Waals surface area (Å²) in [6.45, 7) is 4.97. The van der Waals surface area contributed by atoms with Crippen molar-refractivity contribution in [2.75, 3.05) is 18.4 Å². The molecule has 1 fully saturated rings. The molecule has 6 nitrogen and oxygen atoms in total. The summed E-state index contributed by atoms with van der Waals surface area (Å²) in [6, 6.07) is 0.123. The number of nitrogens with one attached hydrogen (secondary N) is 2. The van der Waals surface area contributed by atoms with Gasteiger partial charge in [-0.05, 0) is 39.8 Å². The molecule has 1 aliphatic heterocycles. The lowest BCUT2D eigenvalue weighted by molar-refractivity contribution is -0.137. The zero-order chi connectivity index (χ0) is 19.7. The van der Waals surface area contributed by atoms with E-state index in [1.54, 1.807) is 13.8 Å². The first kappa shape index (κ1) is 20.0. The summed E-state index contributed by atoms with van der Waals surface area (Å²) in [5.41, 5.74) is -2.12. The van der Waals surface area contributed by atoms with E-state index in [2.05, 4.69) is 25.6 Å². The fourth-order valence-corrected chi connectivity index (χ4v) is 4.03. The van der Waals surface area contributed by atoms with Crippen LogP contribution in [0.1, 0.15) is 37.1 Å². The van der Waals surface area contributed by atoms with Crippen LogP contribution in [0.25, 0.3) is 10.7 Å². The minimum atomic E-state index is -4.58. The number of aliphatic hydroxyl groups is 1. The number of rotatable bonds is 5. The molecule has 10 heteroatoms. The predicted molar refractivity (Wildman–Crippen MR) is 97.7 cm³/mol. The molecule has 0 radical (unpaired) electrons. The Labute approximate surface area is 159 Å². The first-order valence-electron chi connectivity index (χ1n) is 8.71. The van der Waals surface area contributed by atoms with Crippen molar-refractivity contribution in [1.29, 1.82) is 0 Å². The van der Waals surface area contributed by atoms with Crippen molar-refractivity contribution in [3.05, 3.63) is 22.8 Å². The second-order valence-electron chi connectivity index (χ2n) is 7.24. The van der Waals surface area contributed by atoms with Gasteiger partial charge in [0, 0.05) is 29.7 Å². The number of piperidine rings is 1. The van der Waals surface area contributed by atoms with Gasteiger partial charge < -0.3 is 15.7 Å². The van der Waals surface area contributed by atoms with E-state index in [4.69, 9.17) is 0 Å². The molecule has 0 aliphatic carbocycles. The number of hydrogen-bond acceptors (Lipinski definition) is 7. The van der Waals surface area contributed by atoms with Crippen LogP contribution in [-0.2, 0) is 12.6 Å². The number of alkyl halides is 3. The highest BCUT2D eigenvalue weighted by molar-refractivity contribution is 7.15. The molecule has 3 N–H and O–H groups in total. The SMILES string of the molecule is CC(C)(O)Cc1cnc(-c2nc(NC3CCNCC3)ncc2C(F)(F)F)s1. The van der Waals surface area contributed by atoms with E-state index in [0.29, 0.717) is 11.3 Å². The maximum atomic E-state index is 13.4. The van der Waals surface area contributed by atoms with Gasteiger partial charge in [0.15, 0.2) is 0 Å². The third-order valence-corrected chi connectivity index (χ3v) is 5.13. The lowest BCUT2D eigenvalue weighted by Crippen LogP contribution is -2.35. The Morgan fingerprint density at radius 3 is 2.56 bits per heavy atom. The third-order valence-electron chi connectivity index (χ3n) is 4.13. The molecule has 2 aromatic heterocycles. The molecule has 27 heavy (non-hydrogen) atoms. The van der Waals surface area contributed by atoms with Gasteiger partial charge in [-0.1, -0.05) is 0 Å². The van der Waals surface area contributed by atoms with Crippen molar-refractivity contribution in [2.45, 2.75) is 50.9 Å². The smallest absolute Gasteiger partial charge is 0.390 e. The number of anilines is 1. The Morgan fingerprint density at radius 2 is 1.93 bits per heavy atom. The summed E-state index contributed by atoms with van der Waals surface area (Å²) in [5.74, 6) is 0.170. The molecule has 0 spiro atoms. The van der Waals surface area contributed by atoms with Crippen LogP contribution in [0.5, 0.6) is 0 Å². The van der Waals surface area contributed by atoms with Crippen LogP contribution in [0.4, 0.5) is 19.1 Å². The molecule has 3 heterocycles. The number of thiazole rings is 1. The van der Waals surface area contributed by atoms with Gasteiger partial charge in [0.1, 0.15) is 16.3 Å². The van der Waals surface area contributed by atoms with Gasteiger partial charge in [0.2, 0.25) is 5.95 Å². The lowest BCUT2D eigenvalue weighted by Gasteiger charge is -2.24. The number of halogens is 3. The standard InChI is InChI=1S/C17H22F3N5OS/c1-16(2,26)7-11-8-22-14(27-11)13-12(17(18,19)20)9-23-15(25-13)24-10-3-5-21-6-4-10/h8-10,21,26H,3-7H2,1-2H3,(H,23,24,25). The molecule has 0 saturated carbocycles. The Balaban J connectivity index is 1.92. The summed E-state index contributed by atoms with van der Waals surface area (Å²) in [5, 5.41) is 16.4. The van der Waals surface area contributed by atoms with Crippen LogP contribution >= 0.6 is 11.3 Å². The van der Waals surface area contributed by atoms with Crippen molar-refractivity contribution in [3.63, 3.8) is 0 Å². The second kappa shape index (κ2) is 7.69. The van der Waals surface area contributed by atoms with Crippen LogP contribution in [-0.4, -0.2) is 44.8 Å². The molecule has 3 rings (SSSR count). The second-order valence-corrected chi connectivity index (χ2v) is 8.36. The third kappa shape index (κ3) is 5.36. The average molecular weight is 401 g/mol. The minimum absolute atomic E-state index is 0.123. The number of nitrogens with zero attached hydrogens (tertiary/aromatic N) is 3. The summed E-state index contributed by atoms with van der Waals surface area (Å²) in [4.78, 5) is 12.8. The van der Waals surface area contributed by atoms with Gasteiger partial charge in [-0.2, -0.15) is 13.2 Å². The molecule has 0 bridgehead atoms. The molecule has 1 aliphatic rings.